The standard InChI is InChI=1S/C29H22FNO7/c1-29(2,20-19-25-17-18-26(35-25)34-24-15-13-21(30)14-16-24)31(27(32)36-22-9-5-3-6-10-22)38-28(33)37-23-11-7-4-8-12-23/h3-18H,1-2H3. The Morgan fingerprint density at radius 2 is 1.39 bits per heavy atom. The normalized spacial score (nSPS) is 10.5. The van der Waals surface area contributed by atoms with Crippen LogP contribution >= 0.6 is 0 Å². The predicted octanol–water partition coefficient (Wildman–Crippen LogP) is 6.97. The molecule has 4 rings (SSSR count). The molecule has 192 valence electrons. The molecule has 1 amide bonds. The van der Waals surface area contributed by atoms with Crippen molar-refractivity contribution in [1.82, 2.24) is 5.06 Å². The molecule has 0 aliphatic carbocycles. The number of nitrogens with zero attached hydrogens (tertiary/aromatic N) is 1. The molecule has 3 aromatic carbocycles. The minimum absolute atomic E-state index is 0.127. The fourth-order valence-electron chi connectivity index (χ4n) is 3.01. The Morgan fingerprint density at radius 1 is 0.789 bits per heavy atom. The summed E-state index contributed by atoms with van der Waals surface area (Å²) in [5, 5.41) is 0.678. The van der Waals surface area contributed by atoms with Crippen LogP contribution in [0.3, 0.4) is 0 Å². The molecular weight excluding hydrogens is 493 g/mol. The third-order valence-corrected chi connectivity index (χ3v) is 4.84. The number of rotatable bonds is 5. The molecule has 0 aliphatic heterocycles. The van der Waals surface area contributed by atoms with Gasteiger partial charge in [0.05, 0.1) is 0 Å². The van der Waals surface area contributed by atoms with Crippen LogP contribution in [-0.4, -0.2) is 22.9 Å². The lowest BCUT2D eigenvalue weighted by Crippen LogP contribution is -2.49. The van der Waals surface area contributed by atoms with E-state index in [2.05, 4.69) is 11.8 Å². The number of hydrogen-bond donors (Lipinski definition) is 0. The van der Waals surface area contributed by atoms with Gasteiger partial charge in [0.15, 0.2) is 5.76 Å². The maximum Gasteiger partial charge on any atom is 0.539 e. The van der Waals surface area contributed by atoms with Gasteiger partial charge in [0.2, 0.25) is 0 Å². The van der Waals surface area contributed by atoms with Gasteiger partial charge in [-0.15, -0.1) is 5.06 Å². The maximum atomic E-state index is 13.1. The Bertz CT molecular complexity index is 1440. The number of hydroxylamine groups is 2. The number of carbonyl (C=O) groups excluding carboxylic acids is 2. The first-order valence-corrected chi connectivity index (χ1v) is 11.4. The average molecular weight is 515 g/mol. The summed E-state index contributed by atoms with van der Waals surface area (Å²) in [6.45, 7) is 3.09. The van der Waals surface area contributed by atoms with Gasteiger partial charge < -0.3 is 18.6 Å². The number of amides is 1. The smallest absolute Gasteiger partial charge is 0.426 e. The molecule has 0 unspecified atom stereocenters. The highest BCUT2D eigenvalue weighted by Crippen LogP contribution is 2.24. The lowest BCUT2D eigenvalue weighted by atomic mass is 10.1. The molecule has 0 saturated heterocycles. The minimum atomic E-state index is -1.40. The molecule has 0 fully saturated rings. The van der Waals surface area contributed by atoms with E-state index in [9.17, 15) is 14.0 Å². The zero-order chi connectivity index (χ0) is 27.0. The second-order valence-corrected chi connectivity index (χ2v) is 8.22. The van der Waals surface area contributed by atoms with Gasteiger partial charge in [-0.05, 0) is 74.4 Å². The predicted molar refractivity (Wildman–Crippen MR) is 134 cm³/mol. The van der Waals surface area contributed by atoms with E-state index in [0.717, 1.165) is 0 Å². The summed E-state index contributed by atoms with van der Waals surface area (Å²) >= 11 is 0. The Kier molecular flexibility index (Phi) is 7.94. The lowest BCUT2D eigenvalue weighted by molar-refractivity contribution is -0.127. The van der Waals surface area contributed by atoms with Crippen LogP contribution in [-0.2, 0) is 4.84 Å². The highest BCUT2D eigenvalue weighted by atomic mass is 19.1. The molecule has 1 aromatic heterocycles. The van der Waals surface area contributed by atoms with Crippen molar-refractivity contribution in [2.45, 2.75) is 19.4 Å². The first kappa shape index (κ1) is 25.9. The van der Waals surface area contributed by atoms with E-state index in [1.54, 1.807) is 80.6 Å². The zero-order valence-electron chi connectivity index (χ0n) is 20.4. The van der Waals surface area contributed by atoms with Gasteiger partial charge in [0, 0.05) is 6.07 Å². The first-order chi connectivity index (χ1) is 18.3. The second-order valence-electron chi connectivity index (χ2n) is 8.22. The van der Waals surface area contributed by atoms with Crippen molar-refractivity contribution in [1.29, 1.82) is 0 Å². The van der Waals surface area contributed by atoms with Crippen LogP contribution < -0.4 is 14.2 Å². The average Bonchev–Trinajstić information content (AvgIpc) is 3.36. The molecule has 8 nitrogen and oxygen atoms in total. The third kappa shape index (κ3) is 7.15. The van der Waals surface area contributed by atoms with Crippen molar-refractivity contribution >= 4 is 12.2 Å². The monoisotopic (exact) mass is 515 g/mol. The van der Waals surface area contributed by atoms with Crippen molar-refractivity contribution in [3.8, 4) is 35.0 Å². The maximum absolute atomic E-state index is 13.1. The summed E-state index contributed by atoms with van der Waals surface area (Å²) in [6, 6.07) is 25.0. The highest BCUT2D eigenvalue weighted by molar-refractivity contribution is 5.74. The fraction of sp³-hybridized carbons (Fsp3) is 0.103. The van der Waals surface area contributed by atoms with Crippen LogP contribution in [0.2, 0.25) is 0 Å². The largest absolute Gasteiger partial charge is 0.539 e. The molecule has 0 saturated carbocycles. The Balaban J connectivity index is 1.52. The van der Waals surface area contributed by atoms with E-state index in [4.69, 9.17) is 23.5 Å². The minimum Gasteiger partial charge on any atom is -0.426 e. The number of carbonyl (C=O) groups is 2. The highest BCUT2D eigenvalue weighted by Gasteiger charge is 2.36. The number of hydrogen-bond acceptors (Lipinski definition) is 7. The summed E-state index contributed by atoms with van der Waals surface area (Å²) in [5.74, 6) is 6.40. The van der Waals surface area contributed by atoms with E-state index in [-0.39, 0.29) is 23.2 Å². The molecular formula is C29H22FNO7. The van der Waals surface area contributed by atoms with Crippen LogP contribution in [0.15, 0.2) is 101 Å². The van der Waals surface area contributed by atoms with Crippen LogP contribution in [0, 0.1) is 17.7 Å². The number of furan rings is 1. The van der Waals surface area contributed by atoms with Gasteiger partial charge in [0.25, 0.3) is 5.95 Å². The topological polar surface area (TPSA) is 87.4 Å². The Labute approximate surface area is 218 Å². The van der Waals surface area contributed by atoms with Crippen molar-refractivity contribution in [2.75, 3.05) is 0 Å². The molecule has 0 atom stereocenters. The van der Waals surface area contributed by atoms with E-state index in [0.29, 0.717) is 10.8 Å². The first-order valence-electron chi connectivity index (χ1n) is 11.4. The number of para-hydroxylation sites is 2. The van der Waals surface area contributed by atoms with Crippen molar-refractivity contribution < 1.29 is 37.4 Å². The molecule has 0 aliphatic rings. The van der Waals surface area contributed by atoms with Crippen molar-refractivity contribution in [3.63, 3.8) is 0 Å². The second kappa shape index (κ2) is 11.7. The number of benzene rings is 3. The fourth-order valence-corrected chi connectivity index (χ4v) is 3.01. The third-order valence-electron chi connectivity index (χ3n) is 4.84. The molecule has 9 heteroatoms. The molecule has 4 aromatic rings. The van der Waals surface area contributed by atoms with Gasteiger partial charge in [-0.2, -0.15) is 0 Å². The van der Waals surface area contributed by atoms with Crippen LogP contribution in [0.5, 0.6) is 23.2 Å². The lowest BCUT2D eigenvalue weighted by Gasteiger charge is -2.30. The summed E-state index contributed by atoms with van der Waals surface area (Å²) in [5.41, 5.74) is -1.40. The Morgan fingerprint density at radius 3 is 2.03 bits per heavy atom. The van der Waals surface area contributed by atoms with E-state index < -0.39 is 23.6 Å². The summed E-state index contributed by atoms with van der Waals surface area (Å²) < 4.78 is 34.7. The summed E-state index contributed by atoms with van der Waals surface area (Å²) in [7, 11) is 0. The van der Waals surface area contributed by atoms with Gasteiger partial charge >= 0.3 is 12.2 Å². The van der Waals surface area contributed by atoms with E-state index in [1.807, 2.05) is 0 Å². The van der Waals surface area contributed by atoms with Gasteiger partial charge in [0.1, 0.15) is 28.6 Å². The van der Waals surface area contributed by atoms with Crippen LogP contribution in [0.25, 0.3) is 0 Å². The Hall–Kier alpha value is -5.23. The molecule has 1 heterocycles. The molecule has 0 bridgehead atoms. The molecule has 0 spiro atoms. The van der Waals surface area contributed by atoms with Gasteiger partial charge in [-0.3, -0.25) is 4.84 Å². The van der Waals surface area contributed by atoms with Crippen molar-refractivity contribution in [2.24, 2.45) is 0 Å². The zero-order valence-corrected chi connectivity index (χ0v) is 20.4. The number of halogens is 1. The quantitative estimate of drug-likeness (QED) is 0.123. The molecule has 0 N–H and O–H groups in total. The molecule has 38 heavy (non-hydrogen) atoms. The van der Waals surface area contributed by atoms with Gasteiger partial charge in [-0.1, -0.05) is 42.3 Å². The van der Waals surface area contributed by atoms with Crippen molar-refractivity contribution in [3.05, 3.63) is 109 Å². The van der Waals surface area contributed by atoms with E-state index >= 15 is 0 Å². The molecule has 0 radical (unpaired) electrons. The number of ether oxygens (including phenoxy) is 3. The summed E-state index contributed by atoms with van der Waals surface area (Å²) in [4.78, 5) is 30.8. The van der Waals surface area contributed by atoms with Crippen LogP contribution in [0.1, 0.15) is 19.6 Å². The SMILES string of the molecule is CC(C)(C#Cc1ccc(Oc2ccc(F)cc2)o1)N(OC(=O)Oc1ccccc1)C(=O)Oc1ccccc1. The summed E-state index contributed by atoms with van der Waals surface area (Å²) in [6.07, 6.45) is -2.16. The van der Waals surface area contributed by atoms with Crippen LogP contribution in [0.4, 0.5) is 14.0 Å². The van der Waals surface area contributed by atoms with Gasteiger partial charge in [-0.25, -0.2) is 14.0 Å². The van der Waals surface area contributed by atoms with E-state index in [1.165, 1.54) is 30.3 Å².